The minimum atomic E-state index is -3.14. The highest BCUT2D eigenvalue weighted by Gasteiger charge is 2.23. The van der Waals surface area contributed by atoms with E-state index in [4.69, 9.17) is 0 Å². The molecule has 0 bridgehead atoms. The fourth-order valence-corrected chi connectivity index (χ4v) is 2.17. The molecular weight excluding hydrogens is 242 g/mol. The molecule has 2 N–H and O–H groups in total. The molecule has 1 aromatic rings. The van der Waals surface area contributed by atoms with Crippen LogP contribution in [0.4, 0.5) is 5.95 Å². The molecule has 1 aliphatic rings. The first kappa shape index (κ1) is 12.3. The van der Waals surface area contributed by atoms with Crippen molar-refractivity contribution in [2.24, 2.45) is 0 Å². The summed E-state index contributed by atoms with van der Waals surface area (Å²) >= 11 is 0. The Hall–Kier alpha value is -1.15. The van der Waals surface area contributed by atoms with E-state index < -0.39 is 15.1 Å². The molecule has 2 heterocycles. The summed E-state index contributed by atoms with van der Waals surface area (Å²) in [6, 6.07) is 0. The van der Waals surface area contributed by atoms with E-state index in [1.54, 1.807) is 6.92 Å². The molecule has 2 rings (SSSR count). The van der Waals surface area contributed by atoms with E-state index in [1.165, 1.54) is 6.26 Å². The van der Waals surface area contributed by atoms with E-state index in [1.807, 2.05) is 4.90 Å². The monoisotopic (exact) mass is 259 g/mol. The summed E-state index contributed by atoms with van der Waals surface area (Å²) in [5.74, 6) is 0.984. The van der Waals surface area contributed by atoms with Crippen LogP contribution in [0.15, 0.2) is 0 Å². The second-order valence-corrected chi connectivity index (χ2v) is 6.60. The van der Waals surface area contributed by atoms with Crippen LogP contribution in [0.25, 0.3) is 0 Å². The number of nitrogens with one attached hydrogen (secondary N) is 2. The van der Waals surface area contributed by atoms with E-state index in [9.17, 15) is 8.42 Å². The summed E-state index contributed by atoms with van der Waals surface area (Å²) in [5.41, 5.74) is 0. The summed E-state index contributed by atoms with van der Waals surface area (Å²) in [6.07, 6.45) is 1.20. The van der Waals surface area contributed by atoms with Gasteiger partial charge in [-0.15, -0.1) is 5.10 Å². The summed E-state index contributed by atoms with van der Waals surface area (Å²) < 4.78 is 22.8. The maximum absolute atomic E-state index is 11.4. The predicted molar refractivity (Wildman–Crippen MR) is 64.7 cm³/mol. The van der Waals surface area contributed by atoms with Gasteiger partial charge in [0.15, 0.2) is 9.84 Å². The summed E-state index contributed by atoms with van der Waals surface area (Å²) in [7, 11) is -3.14. The van der Waals surface area contributed by atoms with Crippen molar-refractivity contribution in [2.45, 2.75) is 12.2 Å². The quantitative estimate of drug-likeness (QED) is 0.747. The number of piperazine rings is 1. The molecule has 1 atom stereocenters. The molecule has 1 saturated heterocycles. The molecule has 7 nitrogen and oxygen atoms in total. The van der Waals surface area contributed by atoms with Crippen LogP contribution in [0.3, 0.4) is 0 Å². The average molecular weight is 259 g/mol. The Morgan fingerprint density at radius 2 is 2.00 bits per heavy atom. The van der Waals surface area contributed by atoms with Crippen LogP contribution in [0.5, 0.6) is 0 Å². The highest BCUT2D eigenvalue weighted by molar-refractivity contribution is 7.90. The van der Waals surface area contributed by atoms with Crippen LogP contribution in [-0.4, -0.2) is 56.0 Å². The van der Waals surface area contributed by atoms with Gasteiger partial charge in [-0.2, -0.15) is 4.98 Å². The number of H-pyrrole nitrogens is 1. The van der Waals surface area contributed by atoms with Crippen LogP contribution in [0.2, 0.25) is 0 Å². The molecule has 1 aromatic heterocycles. The minimum Gasteiger partial charge on any atom is -0.337 e. The van der Waals surface area contributed by atoms with Gasteiger partial charge in [0.1, 0.15) is 11.1 Å². The van der Waals surface area contributed by atoms with Crippen LogP contribution in [-0.2, 0) is 9.84 Å². The summed E-state index contributed by atoms with van der Waals surface area (Å²) in [4.78, 5) is 6.29. The van der Waals surface area contributed by atoms with Crippen LogP contribution in [0, 0.1) is 0 Å². The number of aromatic amines is 1. The van der Waals surface area contributed by atoms with Crippen molar-refractivity contribution >= 4 is 15.8 Å². The number of nitrogens with zero attached hydrogens (tertiary/aromatic N) is 3. The first-order valence-corrected chi connectivity index (χ1v) is 7.51. The molecule has 1 unspecified atom stereocenters. The standard InChI is InChI=1S/C9H17N5O2S/c1-7(17(2,15)16)8-11-9(13-12-8)14-5-3-10-4-6-14/h7,10H,3-6H2,1-2H3,(H,11,12,13). The van der Waals surface area contributed by atoms with Gasteiger partial charge < -0.3 is 10.2 Å². The summed E-state index contributed by atoms with van der Waals surface area (Å²) in [5, 5.41) is 9.37. The molecule has 0 saturated carbocycles. The van der Waals surface area contributed by atoms with Crippen molar-refractivity contribution in [3.05, 3.63) is 5.82 Å². The Kier molecular flexibility index (Phi) is 3.34. The van der Waals surface area contributed by atoms with Crippen molar-refractivity contribution in [1.29, 1.82) is 0 Å². The Morgan fingerprint density at radius 3 is 2.59 bits per heavy atom. The first-order chi connectivity index (χ1) is 7.98. The average Bonchev–Trinajstić information content (AvgIpc) is 2.77. The number of rotatable bonds is 3. The van der Waals surface area contributed by atoms with E-state index >= 15 is 0 Å². The molecule has 0 aliphatic carbocycles. The van der Waals surface area contributed by atoms with E-state index in [-0.39, 0.29) is 0 Å². The van der Waals surface area contributed by atoms with Gasteiger partial charge in [-0.1, -0.05) is 0 Å². The maximum Gasteiger partial charge on any atom is 0.244 e. The van der Waals surface area contributed by atoms with Gasteiger partial charge in [0.05, 0.1) is 0 Å². The molecule has 96 valence electrons. The topological polar surface area (TPSA) is 91.0 Å². The van der Waals surface area contributed by atoms with E-state index in [0.29, 0.717) is 11.8 Å². The molecular formula is C9H17N5O2S. The van der Waals surface area contributed by atoms with Crippen LogP contribution >= 0.6 is 0 Å². The van der Waals surface area contributed by atoms with Gasteiger partial charge >= 0.3 is 0 Å². The normalized spacial score (nSPS) is 19.3. The van der Waals surface area contributed by atoms with Crippen LogP contribution in [0.1, 0.15) is 18.0 Å². The van der Waals surface area contributed by atoms with Crippen molar-refractivity contribution in [3.8, 4) is 0 Å². The van der Waals surface area contributed by atoms with Crippen molar-refractivity contribution in [3.63, 3.8) is 0 Å². The molecule has 17 heavy (non-hydrogen) atoms. The van der Waals surface area contributed by atoms with E-state index in [2.05, 4.69) is 20.5 Å². The third-order valence-corrected chi connectivity index (χ3v) is 4.43. The lowest BCUT2D eigenvalue weighted by molar-refractivity contribution is 0.580. The fourth-order valence-electron chi connectivity index (χ4n) is 1.66. The van der Waals surface area contributed by atoms with Crippen LogP contribution < -0.4 is 10.2 Å². The predicted octanol–water partition coefficient (Wildman–Crippen LogP) is -0.680. The van der Waals surface area contributed by atoms with Crippen molar-refractivity contribution in [1.82, 2.24) is 20.5 Å². The Morgan fingerprint density at radius 1 is 1.35 bits per heavy atom. The molecule has 0 radical (unpaired) electrons. The number of anilines is 1. The Labute approximate surface area is 101 Å². The molecule has 0 amide bonds. The lowest BCUT2D eigenvalue weighted by Gasteiger charge is -2.25. The van der Waals surface area contributed by atoms with Gasteiger partial charge in [-0.05, 0) is 6.92 Å². The Balaban J connectivity index is 2.15. The number of aromatic nitrogens is 3. The lowest BCUT2D eigenvalue weighted by atomic mass is 10.4. The van der Waals surface area contributed by atoms with Gasteiger partial charge in [0.2, 0.25) is 5.95 Å². The number of hydrogen-bond acceptors (Lipinski definition) is 6. The SMILES string of the molecule is CC(c1nc(N2CCNCC2)n[nH]1)S(C)(=O)=O. The fraction of sp³-hybridized carbons (Fsp3) is 0.778. The first-order valence-electron chi connectivity index (χ1n) is 5.55. The third kappa shape index (κ3) is 2.75. The smallest absolute Gasteiger partial charge is 0.244 e. The molecule has 8 heteroatoms. The minimum absolute atomic E-state index is 0.404. The highest BCUT2D eigenvalue weighted by atomic mass is 32.2. The highest BCUT2D eigenvalue weighted by Crippen LogP contribution is 2.19. The Bertz CT molecular complexity index is 477. The van der Waals surface area contributed by atoms with Gasteiger partial charge in [-0.3, -0.25) is 5.10 Å². The maximum atomic E-state index is 11.4. The van der Waals surface area contributed by atoms with Gasteiger partial charge in [0.25, 0.3) is 0 Å². The number of sulfone groups is 1. The summed E-state index contributed by atoms with van der Waals surface area (Å²) in [6.45, 7) is 5.07. The molecule has 1 fully saturated rings. The number of hydrogen-bond donors (Lipinski definition) is 2. The van der Waals surface area contributed by atoms with Gasteiger partial charge in [0, 0.05) is 32.4 Å². The van der Waals surface area contributed by atoms with E-state index in [0.717, 1.165) is 26.2 Å². The third-order valence-electron chi connectivity index (χ3n) is 2.92. The van der Waals surface area contributed by atoms with Gasteiger partial charge in [-0.25, -0.2) is 8.42 Å². The molecule has 1 aliphatic heterocycles. The zero-order valence-electron chi connectivity index (χ0n) is 9.97. The zero-order valence-corrected chi connectivity index (χ0v) is 10.8. The zero-order chi connectivity index (χ0) is 12.5. The molecule has 0 spiro atoms. The second kappa shape index (κ2) is 4.61. The molecule has 0 aromatic carbocycles. The second-order valence-electron chi connectivity index (χ2n) is 4.23. The van der Waals surface area contributed by atoms with Crippen molar-refractivity contribution in [2.75, 3.05) is 37.3 Å². The lowest BCUT2D eigenvalue weighted by Crippen LogP contribution is -2.44. The van der Waals surface area contributed by atoms with Crippen molar-refractivity contribution < 1.29 is 8.42 Å². The largest absolute Gasteiger partial charge is 0.337 e.